The summed E-state index contributed by atoms with van der Waals surface area (Å²) in [6.45, 7) is 2.19. The molecule has 102 valence electrons. The number of likely N-dealkylation sites (N-methyl/N-ethyl adjacent to an activating group) is 1. The topological polar surface area (TPSA) is 20.3 Å². The lowest BCUT2D eigenvalue weighted by atomic mass is 9.96. The van der Waals surface area contributed by atoms with E-state index >= 15 is 0 Å². The Labute approximate surface area is 127 Å². The average molecular weight is 330 g/mol. The van der Waals surface area contributed by atoms with Gasteiger partial charge in [-0.1, -0.05) is 40.2 Å². The summed E-state index contributed by atoms with van der Waals surface area (Å²) in [5.41, 5.74) is 3.90. The van der Waals surface area contributed by atoms with Crippen molar-refractivity contribution in [2.24, 2.45) is 0 Å². The highest BCUT2D eigenvalue weighted by atomic mass is 79.9. The highest BCUT2D eigenvalue weighted by molar-refractivity contribution is 9.10. The van der Waals surface area contributed by atoms with Crippen LogP contribution in [0, 0.1) is 0 Å². The normalized spacial score (nSPS) is 17.1. The molecule has 0 fully saturated rings. The van der Waals surface area contributed by atoms with Gasteiger partial charge in [-0.2, -0.15) is 0 Å². The minimum atomic E-state index is 0.0943. The summed E-state index contributed by atoms with van der Waals surface area (Å²) in [6.07, 6.45) is 0.929. The second-order valence-corrected chi connectivity index (χ2v) is 6.13. The van der Waals surface area contributed by atoms with Gasteiger partial charge < -0.3 is 4.90 Å². The van der Waals surface area contributed by atoms with E-state index in [2.05, 4.69) is 40.9 Å². The van der Waals surface area contributed by atoms with Crippen molar-refractivity contribution in [2.75, 3.05) is 11.9 Å². The molecule has 20 heavy (non-hydrogen) atoms. The van der Waals surface area contributed by atoms with Crippen molar-refractivity contribution < 1.29 is 4.79 Å². The standard InChI is InChI=1S/C17H16BrNO/c1-11-10-14-12(7-5-9-16(14)19(11)2)17(20)13-6-3-4-8-15(13)18/h3-9,11H,10H2,1-2H3/t11-/m1/s1. The Hall–Kier alpha value is -1.61. The summed E-state index contributed by atoms with van der Waals surface area (Å²) in [7, 11) is 2.09. The molecule has 0 amide bonds. The van der Waals surface area contributed by atoms with Gasteiger partial charge in [-0.25, -0.2) is 0 Å². The minimum Gasteiger partial charge on any atom is -0.371 e. The number of hydrogen-bond acceptors (Lipinski definition) is 2. The number of fused-ring (bicyclic) bond motifs is 1. The molecular weight excluding hydrogens is 314 g/mol. The number of ketones is 1. The summed E-state index contributed by atoms with van der Waals surface area (Å²) in [6, 6.07) is 14.0. The van der Waals surface area contributed by atoms with Crippen LogP contribution in [-0.4, -0.2) is 18.9 Å². The molecule has 0 aromatic heterocycles. The molecule has 0 spiro atoms. The van der Waals surface area contributed by atoms with Gasteiger partial charge >= 0.3 is 0 Å². The molecule has 1 aliphatic rings. The second-order valence-electron chi connectivity index (χ2n) is 5.28. The third kappa shape index (κ3) is 2.06. The van der Waals surface area contributed by atoms with Crippen LogP contribution in [0.15, 0.2) is 46.9 Å². The van der Waals surface area contributed by atoms with E-state index in [1.54, 1.807) is 0 Å². The van der Waals surface area contributed by atoms with Crippen LogP contribution in [0.3, 0.4) is 0 Å². The Morgan fingerprint density at radius 1 is 1.15 bits per heavy atom. The highest BCUT2D eigenvalue weighted by Crippen LogP contribution is 2.34. The van der Waals surface area contributed by atoms with Crippen molar-refractivity contribution in [2.45, 2.75) is 19.4 Å². The maximum atomic E-state index is 12.8. The van der Waals surface area contributed by atoms with Crippen LogP contribution in [0.25, 0.3) is 0 Å². The zero-order chi connectivity index (χ0) is 14.3. The summed E-state index contributed by atoms with van der Waals surface area (Å²) in [5.74, 6) is 0.0943. The van der Waals surface area contributed by atoms with E-state index in [4.69, 9.17) is 0 Å². The molecule has 0 saturated heterocycles. The predicted molar refractivity (Wildman–Crippen MR) is 85.6 cm³/mol. The van der Waals surface area contributed by atoms with E-state index in [-0.39, 0.29) is 5.78 Å². The Morgan fingerprint density at radius 3 is 2.60 bits per heavy atom. The molecule has 3 rings (SSSR count). The number of halogens is 1. The molecule has 0 bridgehead atoms. The van der Waals surface area contributed by atoms with Crippen LogP contribution in [-0.2, 0) is 6.42 Å². The number of nitrogens with zero attached hydrogens (tertiary/aromatic N) is 1. The fourth-order valence-corrected chi connectivity index (χ4v) is 3.26. The largest absolute Gasteiger partial charge is 0.371 e. The first kappa shape index (κ1) is 13.4. The number of hydrogen-bond donors (Lipinski definition) is 0. The number of carbonyl (C=O) groups is 1. The SMILES string of the molecule is C[C@@H]1Cc2c(C(=O)c3ccccc3Br)cccc2N1C. The van der Waals surface area contributed by atoms with Gasteiger partial charge in [0.05, 0.1) is 0 Å². The molecule has 3 heteroatoms. The molecule has 2 aromatic carbocycles. The molecule has 0 radical (unpaired) electrons. The Morgan fingerprint density at radius 2 is 1.85 bits per heavy atom. The van der Waals surface area contributed by atoms with E-state index in [0.29, 0.717) is 6.04 Å². The number of carbonyl (C=O) groups excluding carboxylic acids is 1. The van der Waals surface area contributed by atoms with Gasteiger partial charge in [0.15, 0.2) is 5.78 Å². The number of benzene rings is 2. The lowest BCUT2D eigenvalue weighted by Gasteiger charge is -2.18. The van der Waals surface area contributed by atoms with Crippen LogP contribution in [0.5, 0.6) is 0 Å². The molecule has 2 nitrogen and oxygen atoms in total. The minimum absolute atomic E-state index is 0.0943. The van der Waals surface area contributed by atoms with Crippen molar-refractivity contribution in [3.63, 3.8) is 0 Å². The van der Waals surface area contributed by atoms with Crippen LogP contribution >= 0.6 is 15.9 Å². The van der Waals surface area contributed by atoms with E-state index < -0.39 is 0 Å². The fourth-order valence-electron chi connectivity index (χ4n) is 2.79. The fraction of sp³-hybridized carbons (Fsp3) is 0.235. The quantitative estimate of drug-likeness (QED) is 0.774. The van der Waals surface area contributed by atoms with E-state index in [1.807, 2.05) is 36.4 Å². The third-order valence-electron chi connectivity index (χ3n) is 4.06. The third-order valence-corrected chi connectivity index (χ3v) is 4.75. The van der Waals surface area contributed by atoms with Gasteiger partial charge in [-0.05, 0) is 37.1 Å². The van der Waals surface area contributed by atoms with Gasteiger partial charge in [0.2, 0.25) is 0 Å². The first-order chi connectivity index (χ1) is 9.59. The molecule has 0 aliphatic carbocycles. The van der Waals surface area contributed by atoms with Crippen molar-refractivity contribution in [3.8, 4) is 0 Å². The predicted octanol–water partition coefficient (Wildman–Crippen LogP) is 4.06. The molecular formula is C17H16BrNO. The smallest absolute Gasteiger partial charge is 0.194 e. The van der Waals surface area contributed by atoms with Gasteiger partial charge in [-0.3, -0.25) is 4.79 Å². The molecule has 0 unspecified atom stereocenters. The molecule has 1 aliphatic heterocycles. The van der Waals surface area contributed by atoms with E-state index in [0.717, 1.165) is 22.0 Å². The highest BCUT2D eigenvalue weighted by Gasteiger charge is 2.27. The van der Waals surface area contributed by atoms with Crippen molar-refractivity contribution in [3.05, 3.63) is 63.6 Å². The maximum absolute atomic E-state index is 12.8. The molecule has 0 N–H and O–H groups in total. The van der Waals surface area contributed by atoms with Gasteiger partial charge in [0.25, 0.3) is 0 Å². The van der Waals surface area contributed by atoms with Crippen LogP contribution in [0.2, 0.25) is 0 Å². The van der Waals surface area contributed by atoms with Gasteiger partial charge in [0, 0.05) is 34.4 Å². The zero-order valence-corrected chi connectivity index (χ0v) is 13.1. The second kappa shape index (κ2) is 5.06. The lowest BCUT2D eigenvalue weighted by molar-refractivity contribution is 0.103. The van der Waals surface area contributed by atoms with Crippen molar-refractivity contribution in [1.29, 1.82) is 0 Å². The zero-order valence-electron chi connectivity index (χ0n) is 11.6. The van der Waals surface area contributed by atoms with Gasteiger partial charge in [-0.15, -0.1) is 0 Å². The number of rotatable bonds is 2. The van der Waals surface area contributed by atoms with Gasteiger partial charge in [0.1, 0.15) is 0 Å². The monoisotopic (exact) mass is 329 g/mol. The Bertz CT molecular complexity index is 680. The summed E-state index contributed by atoms with van der Waals surface area (Å²) < 4.78 is 0.849. The van der Waals surface area contributed by atoms with Crippen LogP contribution in [0.4, 0.5) is 5.69 Å². The summed E-state index contributed by atoms with van der Waals surface area (Å²) in [5, 5.41) is 0. The van der Waals surface area contributed by atoms with E-state index in [9.17, 15) is 4.79 Å². The van der Waals surface area contributed by atoms with Crippen molar-refractivity contribution in [1.82, 2.24) is 0 Å². The molecule has 1 atom stereocenters. The molecule has 1 heterocycles. The Kier molecular flexibility index (Phi) is 3.38. The first-order valence-electron chi connectivity index (χ1n) is 6.73. The molecule has 0 saturated carbocycles. The summed E-state index contributed by atoms with van der Waals surface area (Å²) in [4.78, 5) is 15.0. The molecule has 2 aromatic rings. The lowest BCUT2D eigenvalue weighted by Crippen LogP contribution is -2.23. The summed E-state index contributed by atoms with van der Waals surface area (Å²) >= 11 is 3.47. The maximum Gasteiger partial charge on any atom is 0.194 e. The van der Waals surface area contributed by atoms with E-state index in [1.165, 1.54) is 11.3 Å². The van der Waals surface area contributed by atoms with Crippen LogP contribution in [0.1, 0.15) is 28.4 Å². The number of anilines is 1. The van der Waals surface area contributed by atoms with Crippen molar-refractivity contribution >= 4 is 27.4 Å². The average Bonchev–Trinajstić information content (AvgIpc) is 2.74. The van der Waals surface area contributed by atoms with Crippen LogP contribution < -0.4 is 4.90 Å². The first-order valence-corrected chi connectivity index (χ1v) is 7.53. The Balaban J connectivity index is 2.09.